The highest BCUT2D eigenvalue weighted by atomic mass is 32.2. The van der Waals surface area contributed by atoms with Gasteiger partial charge in [-0.3, -0.25) is 9.69 Å². The standard InChI is InChI=1S/C23H28N6O4S2/c24-21-15-17(3-7-25-21)16-27-8-4-18(5-9-27)23(30)28-10-12-29(13-11-28)35(31,32)22-2-1-20(34-22)19-6-14-33-26-19/h1-3,6-7,14-15,18H,4-5,8-13,16H2,(H2,24,25). The molecular formula is C23H28N6O4S2. The highest BCUT2D eigenvalue weighted by Gasteiger charge is 2.34. The van der Waals surface area contributed by atoms with Gasteiger partial charge in [-0.2, -0.15) is 4.31 Å². The summed E-state index contributed by atoms with van der Waals surface area (Å²) in [6.07, 6.45) is 4.78. The number of nitrogens with two attached hydrogens (primary N) is 1. The molecule has 35 heavy (non-hydrogen) atoms. The van der Waals surface area contributed by atoms with Crippen molar-refractivity contribution in [2.24, 2.45) is 5.92 Å². The van der Waals surface area contributed by atoms with Gasteiger partial charge in [-0.15, -0.1) is 11.3 Å². The van der Waals surface area contributed by atoms with Crippen molar-refractivity contribution in [3.8, 4) is 10.6 Å². The van der Waals surface area contributed by atoms with Gasteiger partial charge in [-0.25, -0.2) is 13.4 Å². The number of carbonyl (C=O) groups excluding carboxylic acids is 1. The lowest BCUT2D eigenvalue weighted by Crippen LogP contribution is -2.52. The number of pyridine rings is 1. The van der Waals surface area contributed by atoms with E-state index in [0.29, 0.717) is 37.7 Å². The van der Waals surface area contributed by atoms with E-state index in [1.165, 1.54) is 21.9 Å². The van der Waals surface area contributed by atoms with Crippen LogP contribution in [-0.4, -0.2) is 77.8 Å². The Labute approximate surface area is 208 Å². The molecule has 2 aliphatic heterocycles. The van der Waals surface area contributed by atoms with Crippen LogP contribution in [-0.2, 0) is 21.4 Å². The van der Waals surface area contributed by atoms with Crippen LogP contribution in [0.25, 0.3) is 10.6 Å². The van der Waals surface area contributed by atoms with Gasteiger partial charge in [0.1, 0.15) is 22.0 Å². The van der Waals surface area contributed by atoms with Crippen molar-refractivity contribution < 1.29 is 17.7 Å². The van der Waals surface area contributed by atoms with Crippen LogP contribution >= 0.6 is 11.3 Å². The molecule has 0 atom stereocenters. The second-order valence-corrected chi connectivity index (χ2v) is 12.1. The first kappa shape index (κ1) is 23.9. The minimum absolute atomic E-state index is 0.0146. The van der Waals surface area contributed by atoms with Crippen molar-refractivity contribution in [3.05, 3.63) is 48.4 Å². The summed E-state index contributed by atoms with van der Waals surface area (Å²) in [6.45, 7) is 3.91. The Balaban J connectivity index is 1.12. The molecule has 2 saturated heterocycles. The average molecular weight is 517 g/mol. The maximum atomic E-state index is 13.1. The predicted molar refractivity (Wildman–Crippen MR) is 132 cm³/mol. The summed E-state index contributed by atoms with van der Waals surface area (Å²) < 4.78 is 32.9. The van der Waals surface area contributed by atoms with Crippen LogP contribution in [0.5, 0.6) is 0 Å². The second-order valence-electron chi connectivity index (χ2n) is 8.87. The fourth-order valence-electron chi connectivity index (χ4n) is 4.66. The fourth-order valence-corrected chi connectivity index (χ4v) is 7.50. The average Bonchev–Trinajstić information content (AvgIpc) is 3.57. The molecule has 10 nitrogen and oxygen atoms in total. The van der Waals surface area contributed by atoms with Crippen molar-refractivity contribution in [2.45, 2.75) is 23.6 Å². The van der Waals surface area contributed by atoms with E-state index < -0.39 is 10.0 Å². The largest absolute Gasteiger partial charge is 0.384 e. The first-order valence-electron chi connectivity index (χ1n) is 11.6. The van der Waals surface area contributed by atoms with Crippen LogP contribution in [0.2, 0.25) is 0 Å². The van der Waals surface area contributed by atoms with E-state index in [2.05, 4.69) is 15.0 Å². The number of sulfonamides is 1. The van der Waals surface area contributed by atoms with Crippen LogP contribution in [0.1, 0.15) is 18.4 Å². The monoisotopic (exact) mass is 516 g/mol. The molecular weight excluding hydrogens is 488 g/mol. The number of anilines is 1. The number of nitrogens with zero attached hydrogens (tertiary/aromatic N) is 5. The lowest BCUT2D eigenvalue weighted by atomic mass is 9.94. The number of piperazine rings is 1. The summed E-state index contributed by atoms with van der Waals surface area (Å²) in [5.41, 5.74) is 7.51. The molecule has 186 valence electrons. The summed E-state index contributed by atoms with van der Waals surface area (Å²) >= 11 is 1.17. The lowest BCUT2D eigenvalue weighted by Gasteiger charge is -2.38. The lowest BCUT2D eigenvalue weighted by molar-refractivity contribution is -0.138. The Morgan fingerprint density at radius 3 is 2.54 bits per heavy atom. The number of piperidine rings is 1. The second kappa shape index (κ2) is 10.1. The number of hydrogen-bond acceptors (Lipinski definition) is 9. The molecule has 1 amide bonds. The number of hydrogen-bond donors (Lipinski definition) is 1. The number of thiophene rings is 1. The van der Waals surface area contributed by atoms with E-state index in [1.807, 2.05) is 17.0 Å². The summed E-state index contributed by atoms with van der Waals surface area (Å²) in [6, 6.07) is 8.90. The first-order valence-corrected chi connectivity index (χ1v) is 13.9. The van der Waals surface area contributed by atoms with Gasteiger partial charge in [0, 0.05) is 50.9 Å². The molecule has 0 aliphatic carbocycles. The number of rotatable bonds is 6. The van der Waals surface area contributed by atoms with E-state index in [9.17, 15) is 13.2 Å². The van der Waals surface area contributed by atoms with Crippen molar-refractivity contribution >= 4 is 33.1 Å². The van der Waals surface area contributed by atoms with E-state index in [1.54, 1.807) is 24.4 Å². The van der Waals surface area contributed by atoms with Gasteiger partial charge in [0.05, 0.1) is 4.88 Å². The zero-order valence-electron chi connectivity index (χ0n) is 19.2. The van der Waals surface area contributed by atoms with Gasteiger partial charge in [0.25, 0.3) is 10.0 Å². The minimum Gasteiger partial charge on any atom is -0.384 e. The van der Waals surface area contributed by atoms with Crippen LogP contribution < -0.4 is 5.73 Å². The third-order valence-electron chi connectivity index (χ3n) is 6.60. The number of nitrogen functional groups attached to an aromatic ring is 1. The molecule has 0 unspecified atom stereocenters. The van der Waals surface area contributed by atoms with Gasteiger partial charge in [-0.1, -0.05) is 5.16 Å². The number of likely N-dealkylation sites (tertiary alicyclic amines) is 1. The summed E-state index contributed by atoms with van der Waals surface area (Å²) in [5.74, 6) is 0.640. The van der Waals surface area contributed by atoms with Gasteiger partial charge in [0.15, 0.2) is 0 Å². The van der Waals surface area contributed by atoms with E-state index in [4.69, 9.17) is 10.3 Å². The maximum absolute atomic E-state index is 13.1. The predicted octanol–water partition coefficient (Wildman–Crippen LogP) is 2.13. The zero-order valence-corrected chi connectivity index (χ0v) is 20.9. The molecule has 2 fully saturated rings. The summed E-state index contributed by atoms with van der Waals surface area (Å²) in [4.78, 5) is 22.1. The molecule has 12 heteroatoms. The van der Waals surface area contributed by atoms with Gasteiger partial charge in [0.2, 0.25) is 5.91 Å². The third kappa shape index (κ3) is 5.25. The number of carbonyl (C=O) groups is 1. The van der Waals surface area contributed by atoms with Crippen LogP contribution in [0.15, 0.2) is 51.5 Å². The molecule has 0 spiro atoms. The van der Waals surface area contributed by atoms with Gasteiger partial charge >= 0.3 is 0 Å². The van der Waals surface area contributed by atoms with Crippen molar-refractivity contribution in [2.75, 3.05) is 45.0 Å². The van der Waals surface area contributed by atoms with Crippen LogP contribution in [0, 0.1) is 5.92 Å². The number of amides is 1. The Bertz CT molecular complexity index is 1260. The molecule has 0 aromatic carbocycles. The minimum atomic E-state index is -3.61. The summed E-state index contributed by atoms with van der Waals surface area (Å²) in [7, 11) is -3.61. The molecule has 0 saturated carbocycles. The molecule has 3 aromatic rings. The maximum Gasteiger partial charge on any atom is 0.252 e. The summed E-state index contributed by atoms with van der Waals surface area (Å²) in [5, 5.41) is 3.87. The third-order valence-corrected chi connectivity index (χ3v) is 10.1. The van der Waals surface area contributed by atoms with Crippen molar-refractivity contribution in [1.29, 1.82) is 0 Å². The highest BCUT2D eigenvalue weighted by molar-refractivity contribution is 7.91. The van der Waals surface area contributed by atoms with Crippen molar-refractivity contribution in [3.63, 3.8) is 0 Å². The Morgan fingerprint density at radius 2 is 1.86 bits per heavy atom. The molecule has 3 aromatic heterocycles. The number of aromatic nitrogens is 2. The van der Waals surface area contributed by atoms with E-state index >= 15 is 0 Å². The van der Waals surface area contributed by atoms with E-state index in [-0.39, 0.29) is 16.0 Å². The zero-order chi connectivity index (χ0) is 24.4. The first-order chi connectivity index (χ1) is 16.9. The van der Waals surface area contributed by atoms with Crippen LogP contribution in [0.3, 0.4) is 0 Å². The van der Waals surface area contributed by atoms with Crippen molar-refractivity contribution in [1.82, 2.24) is 24.2 Å². The molecule has 2 aliphatic rings. The molecule has 0 radical (unpaired) electrons. The van der Waals surface area contributed by atoms with Gasteiger partial charge in [-0.05, 0) is 55.8 Å². The Hall–Kier alpha value is -2.80. The topological polar surface area (TPSA) is 126 Å². The normalized spacial score (nSPS) is 18.7. The quantitative estimate of drug-likeness (QED) is 0.528. The smallest absolute Gasteiger partial charge is 0.252 e. The van der Waals surface area contributed by atoms with E-state index in [0.717, 1.165) is 42.9 Å². The highest BCUT2D eigenvalue weighted by Crippen LogP contribution is 2.32. The Morgan fingerprint density at radius 1 is 1.09 bits per heavy atom. The van der Waals surface area contributed by atoms with Crippen LogP contribution in [0.4, 0.5) is 5.82 Å². The molecule has 5 rings (SSSR count). The molecule has 5 heterocycles. The molecule has 0 bridgehead atoms. The SMILES string of the molecule is Nc1cc(CN2CCC(C(=O)N3CCN(S(=O)(=O)c4ccc(-c5ccon5)s4)CC3)CC2)ccn1. The molecule has 2 N–H and O–H groups in total. The fraction of sp³-hybridized carbons (Fsp3) is 0.435. The Kier molecular flexibility index (Phi) is 6.87. The van der Waals surface area contributed by atoms with Gasteiger partial charge < -0.3 is 15.2 Å².